The van der Waals surface area contributed by atoms with E-state index in [0.717, 1.165) is 0 Å². The normalized spacial score (nSPS) is 28.7. The van der Waals surface area contributed by atoms with Crippen LogP contribution in [0.25, 0.3) is 11.2 Å². The van der Waals surface area contributed by atoms with Crippen LogP contribution in [0.15, 0.2) is 11.1 Å². The number of nitrogens with zero attached hydrogens (tertiary/aromatic N) is 3. The monoisotopic (exact) mass is 299 g/mol. The van der Waals surface area contributed by atoms with E-state index in [1.807, 2.05) is 0 Å². The second-order valence-electron chi connectivity index (χ2n) is 4.50. The first-order chi connectivity index (χ1) is 9.52. The van der Waals surface area contributed by atoms with Gasteiger partial charge in [-0.3, -0.25) is 14.3 Å². The van der Waals surface area contributed by atoms with Gasteiger partial charge < -0.3 is 25.8 Å². The van der Waals surface area contributed by atoms with E-state index in [9.17, 15) is 15.0 Å². The molecule has 10 nitrogen and oxygen atoms in total. The zero-order valence-corrected chi connectivity index (χ0v) is 10.2. The van der Waals surface area contributed by atoms with Gasteiger partial charge in [0.2, 0.25) is 5.95 Å². The van der Waals surface area contributed by atoms with E-state index in [-0.39, 0.29) is 24.5 Å². The molecule has 1 fully saturated rings. The van der Waals surface area contributed by atoms with Gasteiger partial charge in [0.1, 0.15) is 18.3 Å². The fourth-order valence-electron chi connectivity index (χ4n) is 2.24. The number of rotatable bonds is 2. The van der Waals surface area contributed by atoms with Crippen molar-refractivity contribution < 1.29 is 20.1 Å². The molecule has 116 valence electrons. The van der Waals surface area contributed by atoms with Gasteiger partial charge in [-0.05, 0) is 0 Å². The fraction of sp³-hybridized carbons (Fsp3) is 0.545. The number of anilines is 1. The van der Waals surface area contributed by atoms with Crippen molar-refractivity contribution in [2.75, 3.05) is 12.3 Å². The summed E-state index contributed by atoms with van der Waals surface area (Å²) in [5.41, 5.74) is 5.12. The standard InChI is InChI=1S/C10H13N5O5.CH4/c11-10-13-7-4(8(19)14-10)12-2-15(7)9-6(18)5(17)3(1-16)20-9;/h2-3,5-6,9,16-18H,1H2,(H3,11,13,14,19);1H4/t3-,5?,6+,9-;/m1./s1. The number of hydrogen-bond donors (Lipinski definition) is 5. The topological polar surface area (TPSA) is 160 Å². The Balaban J connectivity index is 0.00000161. The number of nitrogen functional groups attached to an aromatic ring is 1. The number of nitrogens with one attached hydrogen (secondary N) is 1. The Morgan fingerprint density at radius 1 is 1.43 bits per heavy atom. The predicted molar refractivity (Wildman–Crippen MR) is 72.3 cm³/mol. The molecule has 0 amide bonds. The summed E-state index contributed by atoms with van der Waals surface area (Å²) < 4.78 is 6.64. The van der Waals surface area contributed by atoms with E-state index in [2.05, 4.69) is 15.0 Å². The molecule has 1 aliphatic rings. The Labute approximate surface area is 118 Å². The predicted octanol–water partition coefficient (Wildman–Crippen LogP) is -2.05. The van der Waals surface area contributed by atoms with Gasteiger partial charge in [-0.15, -0.1) is 0 Å². The van der Waals surface area contributed by atoms with Crippen molar-refractivity contribution in [3.05, 3.63) is 16.7 Å². The van der Waals surface area contributed by atoms with Crippen molar-refractivity contribution >= 4 is 17.1 Å². The highest BCUT2D eigenvalue weighted by Gasteiger charge is 2.44. The second-order valence-corrected chi connectivity index (χ2v) is 4.50. The number of hydrogen-bond acceptors (Lipinski definition) is 8. The summed E-state index contributed by atoms with van der Waals surface area (Å²) in [5, 5.41) is 28.7. The Kier molecular flexibility index (Phi) is 3.96. The van der Waals surface area contributed by atoms with E-state index >= 15 is 0 Å². The summed E-state index contributed by atoms with van der Waals surface area (Å²) in [6.45, 7) is -0.447. The summed E-state index contributed by atoms with van der Waals surface area (Å²) >= 11 is 0. The number of fused-ring (bicyclic) bond motifs is 1. The minimum absolute atomic E-state index is 0. The largest absolute Gasteiger partial charge is 0.394 e. The molecule has 1 aliphatic heterocycles. The van der Waals surface area contributed by atoms with Crippen LogP contribution in [0.4, 0.5) is 5.95 Å². The van der Waals surface area contributed by atoms with Crippen molar-refractivity contribution in [3.8, 4) is 0 Å². The van der Waals surface area contributed by atoms with Crippen LogP contribution in [0.1, 0.15) is 13.7 Å². The lowest BCUT2D eigenvalue weighted by molar-refractivity contribution is -0.0511. The summed E-state index contributed by atoms with van der Waals surface area (Å²) in [7, 11) is 0. The van der Waals surface area contributed by atoms with Crippen molar-refractivity contribution in [1.82, 2.24) is 19.5 Å². The Morgan fingerprint density at radius 3 is 2.76 bits per heavy atom. The number of ether oxygens (including phenoxy) is 1. The van der Waals surface area contributed by atoms with Crippen LogP contribution in [0.2, 0.25) is 0 Å². The molecule has 3 rings (SSSR count). The number of nitrogens with two attached hydrogens (primary N) is 1. The fourth-order valence-corrected chi connectivity index (χ4v) is 2.24. The maximum absolute atomic E-state index is 11.7. The van der Waals surface area contributed by atoms with Crippen LogP contribution < -0.4 is 11.3 Å². The maximum Gasteiger partial charge on any atom is 0.280 e. The average molecular weight is 299 g/mol. The third kappa shape index (κ3) is 2.27. The number of aliphatic hydroxyl groups excluding tert-OH is 3. The highest BCUT2D eigenvalue weighted by atomic mass is 16.6. The first kappa shape index (κ1) is 15.4. The number of H-pyrrole nitrogens is 1. The van der Waals surface area contributed by atoms with Gasteiger partial charge in [-0.2, -0.15) is 4.98 Å². The summed E-state index contributed by atoms with van der Waals surface area (Å²) in [5.74, 6) is -0.101. The molecule has 0 aromatic carbocycles. The van der Waals surface area contributed by atoms with Gasteiger partial charge in [0.25, 0.3) is 5.56 Å². The Hall–Kier alpha value is -2.01. The first-order valence-electron chi connectivity index (χ1n) is 5.87. The molecule has 10 heteroatoms. The Bertz CT molecular complexity index is 698. The van der Waals surface area contributed by atoms with Gasteiger partial charge in [0.05, 0.1) is 12.9 Å². The van der Waals surface area contributed by atoms with E-state index in [1.54, 1.807) is 0 Å². The lowest BCUT2D eigenvalue weighted by Gasteiger charge is -2.16. The quantitative estimate of drug-likeness (QED) is 0.423. The molecule has 6 N–H and O–H groups in total. The van der Waals surface area contributed by atoms with Crippen molar-refractivity contribution in [2.45, 2.75) is 32.0 Å². The molecule has 4 atom stereocenters. The third-order valence-corrected chi connectivity index (χ3v) is 3.24. The van der Waals surface area contributed by atoms with E-state index in [1.165, 1.54) is 10.9 Å². The van der Waals surface area contributed by atoms with Crippen molar-refractivity contribution in [1.29, 1.82) is 0 Å². The molecule has 1 saturated heterocycles. The third-order valence-electron chi connectivity index (χ3n) is 3.24. The molecule has 0 radical (unpaired) electrons. The van der Waals surface area contributed by atoms with Crippen LogP contribution >= 0.6 is 0 Å². The lowest BCUT2D eigenvalue weighted by atomic mass is 10.1. The maximum atomic E-state index is 11.7. The number of aromatic amines is 1. The van der Waals surface area contributed by atoms with Gasteiger partial charge in [-0.1, -0.05) is 7.43 Å². The van der Waals surface area contributed by atoms with Crippen molar-refractivity contribution in [2.24, 2.45) is 0 Å². The summed E-state index contributed by atoms with van der Waals surface area (Å²) in [4.78, 5) is 21.8. The van der Waals surface area contributed by atoms with Gasteiger partial charge >= 0.3 is 0 Å². The van der Waals surface area contributed by atoms with Crippen molar-refractivity contribution in [3.63, 3.8) is 0 Å². The molecular weight excluding hydrogens is 282 g/mol. The van der Waals surface area contributed by atoms with Crippen LogP contribution in [-0.4, -0.2) is 59.8 Å². The van der Waals surface area contributed by atoms with E-state index in [4.69, 9.17) is 15.6 Å². The average Bonchev–Trinajstić information content (AvgIpc) is 2.93. The molecule has 2 aromatic rings. The van der Waals surface area contributed by atoms with Crippen LogP contribution in [0, 0.1) is 0 Å². The molecule has 0 bridgehead atoms. The molecule has 0 aliphatic carbocycles. The zero-order chi connectivity index (χ0) is 14.4. The van der Waals surface area contributed by atoms with Gasteiger partial charge in [0.15, 0.2) is 17.4 Å². The number of imidazole rings is 1. The second kappa shape index (κ2) is 5.41. The van der Waals surface area contributed by atoms with Gasteiger partial charge in [-0.25, -0.2) is 4.98 Å². The zero-order valence-electron chi connectivity index (χ0n) is 10.2. The van der Waals surface area contributed by atoms with Crippen LogP contribution in [0.3, 0.4) is 0 Å². The Morgan fingerprint density at radius 2 is 2.14 bits per heavy atom. The smallest absolute Gasteiger partial charge is 0.280 e. The lowest BCUT2D eigenvalue weighted by Crippen LogP contribution is -2.33. The molecule has 21 heavy (non-hydrogen) atoms. The molecule has 1 unspecified atom stereocenters. The molecule has 0 saturated carbocycles. The minimum atomic E-state index is -1.29. The highest BCUT2D eigenvalue weighted by Crippen LogP contribution is 2.30. The molecule has 2 aromatic heterocycles. The summed E-state index contributed by atoms with van der Waals surface area (Å²) in [6.07, 6.45) is -3.21. The highest BCUT2D eigenvalue weighted by molar-refractivity contribution is 5.70. The van der Waals surface area contributed by atoms with E-state index in [0.29, 0.717) is 0 Å². The number of aliphatic hydroxyl groups is 3. The number of aromatic nitrogens is 4. The molecule has 3 heterocycles. The van der Waals surface area contributed by atoms with Crippen LogP contribution in [-0.2, 0) is 4.74 Å². The molecular formula is C11H17N5O5. The minimum Gasteiger partial charge on any atom is -0.394 e. The molecule has 0 spiro atoms. The van der Waals surface area contributed by atoms with Crippen LogP contribution in [0.5, 0.6) is 0 Å². The van der Waals surface area contributed by atoms with E-state index < -0.39 is 36.7 Å². The summed E-state index contributed by atoms with van der Waals surface area (Å²) in [6, 6.07) is 0. The van der Waals surface area contributed by atoms with Gasteiger partial charge in [0, 0.05) is 0 Å². The SMILES string of the molecule is C.Nc1nc2c(ncn2[C@@H]2O[C@H](CO)C(O)[C@@H]2O)c(=O)[nH]1. The first-order valence-corrected chi connectivity index (χ1v) is 5.87.